The quantitative estimate of drug-likeness (QED) is 0.280. The second-order valence-electron chi connectivity index (χ2n) is 1.77. The molecule has 3 N–H and O–H groups in total. The molecule has 0 amide bonds. The third kappa shape index (κ3) is 0.696. The van der Waals surface area contributed by atoms with Crippen molar-refractivity contribution in [3.05, 3.63) is 0 Å². The van der Waals surface area contributed by atoms with Crippen LogP contribution < -0.4 is 15.4 Å². The zero-order valence-electron chi connectivity index (χ0n) is 4.26. The van der Waals surface area contributed by atoms with Crippen molar-refractivity contribution in [1.82, 2.24) is 20.0 Å². The van der Waals surface area contributed by atoms with Gasteiger partial charge in [0.1, 0.15) is 0 Å². The highest BCUT2D eigenvalue weighted by molar-refractivity contribution is 6.86. The van der Waals surface area contributed by atoms with Gasteiger partial charge in [0.2, 0.25) is 0 Å². The first kappa shape index (κ1) is 4.93. The van der Waals surface area contributed by atoms with E-state index in [0.29, 0.717) is 0 Å². The molecule has 0 saturated carbocycles. The number of rotatable bonds is 0. The topological polar surface area (TPSA) is 39.3 Å². The third-order valence-electron chi connectivity index (χ3n) is 1.17. The Morgan fingerprint density at radius 1 is 1.00 bits per heavy atom. The van der Waals surface area contributed by atoms with Gasteiger partial charge in [-0.05, 0) is 0 Å². The predicted molar refractivity (Wildman–Crippen MR) is 34.3 cm³/mol. The first-order chi connectivity index (χ1) is 3.95. The summed E-state index contributed by atoms with van der Waals surface area (Å²) in [6.45, 7) is 0. The smallest absolute Gasteiger partial charge is 0.362 e. The Labute approximate surface area is 50.8 Å². The molecule has 8 heteroatoms. The Kier molecular flexibility index (Phi) is 1.11. The summed E-state index contributed by atoms with van der Waals surface area (Å²) in [5.74, 6) is 0. The lowest BCUT2D eigenvalue weighted by atomic mass is 9.61. The van der Waals surface area contributed by atoms with Crippen molar-refractivity contribution >= 4 is 29.8 Å². The van der Waals surface area contributed by atoms with Gasteiger partial charge in [0.25, 0.3) is 22.6 Å². The van der Waals surface area contributed by atoms with Gasteiger partial charge in [0.15, 0.2) is 0 Å². The molecule has 3 aliphatic rings. The summed E-state index contributed by atoms with van der Waals surface area (Å²) in [7, 11) is 5.85. The van der Waals surface area contributed by atoms with Crippen LogP contribution in [0.4, 0.5) is 0 Å². The van der Waals surface area contributed by atoms with E-state index >= 15 is 0 Å². The SMILES string of the molecule is [B]1NB2N[B]N1[B]N2. The lowest BCUT2D eigenvalue weighted by Crippen LogP contribution is -2.79. The van der Waals surface area contributed by atoms with E-state index < -0.39 is 0 Å². The molecule has 35 valence electrons. The van der Waals surface area contributed by atoms with Gasteiger partial charge in [-0.2, -0.15) is 0 Å². The van der Waals surface area contributed by atoms with Gasteiger partial charge in [-0.3, -0.25) is 0 Å². The fourth-order valence-corrected chi connectivity index (χ4v) is 0.738. The Balaban J connectivity index is 2.03. The molecule has 4 nitrogen and oxygen atoms in total. The second-order valence-corrected chi connectivity index (χ2v) is 1.77. The largest absolute Gasteiger partial charge is 0.398 e. The lowest BCUT2D eigenvalue weighted by Gasteiger charge is -2.36. The highest BCUT2D eigenvalue weighted by Crippen LogP contribution is 1.85. The van der Waals surface area contributed by atoms with Crippen molar-refractivity contribution in [2.45, 2.75) is 0 Å². The number of nitrogens with zero attached hydrogens (tertiary/aromatic N) is 1. The summed E-state index contributed by atoms with van der Waals surface area (Å²) < 4.78 is 1.88. The normalized spacial score (nSPS) is 26.2. The summed E-state index contributed by atoms with van der Waals surface area (Å²) in [4.78, 5) is 0. The molecule has 3 radical (unpaired) electrons. The Hall–Kier alpha value is 0.0997. The maximum Gasteiger partial charge on any atom is 0.362 e. The molecule has 0 aromatic rings. The highest BCUT2D eigenvalue weighted by atomic mass is 15.2. The number of hydrogen-bond donors (Lipinski definition) is 3. The van der Waals surface area contributed by atoms with E-state index in [9.17, 15) is 0 Å². The van der Waals surface area contributed by atoms with Gasteiger partial charge < -0.3 is 20.0 Å². The molecule has 0 aromatic carbocycles. The molecule has 0 unspecified atom stereocenters. The fraction of sp³-hybridized carbons (Fsp3) is 0. The second kappa shape index (κ2) is 1.80. The summed E-state index contributed by atoms with van der Waals surface area (Å²) in [6.07, 6.45) is 0. The van der Waals surface area contributed by atoms with Crippen LogP contribution >= 0.6 is 0 Å². The third-order valence-corrected chi connectivity index (χ3v) is 1.17. The summed E-state index contributed by atoms with van der Waals surface area (Å²) in [5, 5.41) is 9.10. The van der Waals surface area contributed by atoms with Gasteiger partial charge in [-0.1, -0.05) is 0 Å². The van der Waals surface area contributed by atoms with Gasteiger partial charge in [0, 0.05) is 0 Å². The van der Waals surface area contributed by atoms with Crippen molar-refractivity contribution in [3.8, 4) is 0 Å². The molecule has 3 fully saturated rings. The number of nitrogens with one attached hydrogen (secondary N) is 3. The molecule has 0 aliphatic carbocycles. The zero-order chi connectivity index (χ0) is 5.40. The van der Waals surface area contributed by atoms with Gasteiger partial charge in [-0.25, -0.2) is 0 Å². The van der Waals surface area contributed by atoms with Crippen molar-refractivity contribution in [1.29, 1.82) is 0 Å². The number of fused-ring (bicyclic) bond motifs is 3. The molecule has 0 aromatic heterocycles. The van der Waals surface area contributed by atoms with Gasteiger partial charge in [-0.15, -0.1) is 0 Å². The van der Waals surface area contributed by atoms with E-state index in [1.807, 2.05) is 27.3 Å². The monoisotopic (exact) mass is 103 g/mol. The Morgan fingerprint density at radius 2 is 1.50 bits per heavy atom. The first-order valence-electron chi connectivity index (χ1n) is 2.51. The molecule has 0 spiro atoms. The predicted octanol–water partition coefficient (Wildman–Crippen LogP) is -3.33. The summed E-state index contributed by atoms with van der Waals surface area (Å²) in [5.41, 5.74) is 0. The summed E-state index contributed by atoms with van der Waals surface area (Å²) in [6, 6.07) is 0. The van der Waals surface area contributed by atoms with E-state index in [0.717, 1.165) is 0 Å². The molecule has 2 bridgehead atoms. The lowest BCUT2D eigenvalue weighted by molar-refractivity contribution is 0.920. The average molecular weight is 102 g/mol. The zero-order valence-corrected chi connectivity index (χ0v) is 4.26. The van der Waals surface area contributed by atoms with Crippen LogP contribution in [0, 0.1) is 0 Å². The maximum absolute atomic E-state index is 3.03. The van der Waals surface area contributed by atoms with Crippen LogP contribution in [0.1, 0.15) is 0 Å². The highest BCUT2D eigenvalue weighted by Gasteiger charge is 2.30. The molecule has 3 aliphatic heterocycles. The number of hydrogen-bond acceptors (Lipinski definition) is 4. The van der Waals surface area contributed by atoms with E-state index in [2.05, 4.69) is 15.4 Å². The minimum atomic E-state index is 0.194. The molecular weight excluding hydrogens is 99.3 g/mol. The van der Waals surface area contributed by atoms with E-state index in [1.165, 1.54) is 0 Å². The van der Waals surface area contributed by atoms with E-state index in [-0.39, 0.29) is 7.12 Å². The standard InChI is InChI=1S/B4H3N4/c1-5-4-6-2-8(1)3-7-4/h5-7H. The fourth-order valence-electron chi connectivity index (χ4n) is 0.738. The molecule has 3 heterocycles. The Bertz CT molecular complexity index is 63.0. The van der Waals surface area contributed by atoms with Crippen LogP contribution in [-0.4, -0.2) is 34.4 Å². The minimum Gasteiger partial charge on any atom is -0.398 e. The average Bonchev–Trinajstić information content (AvgIpc) is 1.92. The summed E-state index contributed by atoms with van der Waals surface area (Å²) >= 11 is 0. The van der Waals surface area contributed by atoms with Crippen LogP contribution in [-0.2, 0) is 0 Å². The molecule has 3 saturated heterocycles. The van der Waals surface area contributed by atoms with Crippen molar-refractivity contribution in [2.75, 3.05) is 0 Å². The van der Waals surface area contributed by atoms with E-state index in [4.69, 9.17) is 0 Å². The van der Waals surface area contributed by atoms with Crippen molar-refractivity contribution in [3.63, 3.8) is 0 Å². The van der Waals surface area contributed by atoms with Crippen LogP contribution in [0.3, 0.4) is 0 Å². The Morgan fingerprint density at radius 3 is 1.62 bits per heavy atom. The maximum atomic E-state index is 3.03. The molecule has 0 atom stereocenters. The molecule has 8 heavy (non-hydrogen) atoms. The van der Waals surface area contributed by atoms with E-state index in [1.54, 1.807) is 0 Å². The van der Waals surface area contributed by atoms with Crippen molar-refractivity contribution in [2.24, 2.45) is 0 Å². The van der Waals surface area contributed by atoms with Gasteiger partial charge >= 0.3 is 7.12 Å². The first-order valence-corrected chi connectivity index (χ1v) is 2.51. The minimum absolute atomic E-state index is 0.194. The van der Waals surface area contributed by atoms with Gasteiger partial charge in [0.05, 0.1) is 0 Å². The molecular formula is H3B4N4. The molecule has 3 rings (SSSR count). The van der Waals surface area contributed by atoms with Crippen molar-refractivity contribution < 1.29 is 0 Å². The van der Waals surface area contributed by atoms with Crippen LogP contribution in [0.25, 0.3) is 0 Å². The van der Waals surface area contributed by atoms with Crippen LogP contribution in [0.5, 0.6) is 0 Å². The van der Waals surface area contributed by atoms with Crippen LogP contribution in [0.2, 0.25) is 0 Å². The van der Waals surface area contributed by atoms with Crippen LogP contribution in [0.15, 0.2) is 0 Å².